The Bertz CT molecular complexity index is 981. The monoisotopic (exact) mass is 368 g/mol. The summed E-state index contributed by atoms with van der Waals surface area (Å²) < 4.78 is 15.2. The first-order valence-corrected chi connectivity index (χ1v) is 9.25. The maximum atomic E-state index is 13.0. The fourth-order valence-corrected chi connectivity index (χ4v) is 3.98. The van der Waals surface area contributed by atoms with E-state index in [0.29, 0.717) is 6.42 Å². The molecule has 2 heterocycles. The van der Waals surface area contributed by atoms with Crippen LogP contribution in [-0.2, 0) is 24.2 Å². The molecule has 1 aliphatic heterocycles. The first-order valence-electron chi connectivity index (χ1n) is 8.43. The van der Waals surface area contributed by atoms with Crippen molar-refractivity contribution in [3.63, 3.8) is 0 Å². The summed E-state index contributed by atoms with van der Waals surface area (Å²) in [5.41, 5.74) is 3.22. The van der Waals surface area contributed by atoms with Crippen LogP contribution in [0.15, 0.2) is 54.7 Å². The van der Waals surface area contributed by atoms with E-state index in [2.05, 4.69) is 9.88 Å². The van der Waals surface area contributed by atoms with Gasteiger partial charge in [-0.3, -0.25) is 9.59 Å². The summed E-state index contributed by atoms with van der Waals surface area (Å²) in [5, 5.41) is 3.40. The number of aryl methyl sites for hydroxylation is 2. The highest BCUT2D eigenvalue weighted by molar-refractivity contribution is 8.26. The van der Waals surface area contributed by atoms with Crippen LogP contribution in [0.1, 0.15) is 11.1 Å². The summed E-state index contributed by atoms with van der Waals surface area (Å²) in [7, 11) is 0. The van der Waals surface area contributed by atoms with Crippen molar-refractivity contribution in [2.75, 3.05) is 0 Å². The topological polar surface area (TPSA) is 51.1 Å². The van der Waals surface area contributed by atoms with Crippen LogP contribution in [0, 0.1) is 5.82 Å². The Balaban J connectivity index is 1.54. The van der Waals surface area contributed by atoms with Gasteiger partial charge < -0.3 is 9.88 Å². The molecule has 0 spiro atoms. The molecule has 2 aromatic carbocycles. The maximum Gasteiger partial charge on any atom is 0.287 e. The number of nitrogens with zero attached hydrogens (tertiary/aromatic N) is 1. The second kappa shape index (κ2) is 6.96. The molecule has 1 aromatic heterocycles. The molecule has 1 N–H and O–H groups in total. The predicted octanol–water partition coefficient (Wildman–Crippen LogP) is 3.92. The highest BCUT2D eigenvalue weighted by atomic mass is 32.2. The van der Waals surface area contributed by atoms with E-state index in [0.717, 1.165) is 46.8 Å². The summed E-state index contributed by atoms with van der Waals surface area (Å²) in [6.45, 7) is 0.785. The molecular weight excluding hydrogens is 351 g/mol. The molecule has 1 unspecified atom stereocenters. The van der Waals surface area contributed by atoms with Gasteiger partial charge in [-0.25, -0.2) is 4.39 Å². The fourth-order valence-electron chi connectivity index (χ4n) is 3.31. The molecule has 0 radical (unpaired) electrons. The van der Waals surface area contributed by atoms with E-state index < -0.39 is 6.04 Å². The van der Waals surface area contributed by atoms with Gasteiger partial charge in [-0.2, -0.15) is 0 Å². The normalized spacial score (nSPS) is 17.0. The van der Waals surface area contributed by atoms with E-state index in [-0.39, 0.29) is 16.2 Å². The van der Waals surface area contributed by atoms with Gasteiger partial charge in [-0.15, -0.1) is 0 Å². The maximum absolute atomic E-state index is 13.0. The first kappa shape index (κ1) is 16.8. The van der Waals surface area contributed by atoms with Crippen molar-refractivity contribution in [2.45, 2.75) is 25.4 Å². The third kappa shape index (κ3) is 3.37. The molecule has 1 amide bonds. The number of nitrogens with one attached hydrogen (secondary N) is 1. The lowest BCUT2D eigenvalue weighted by atomic mass is 10.0. The smallest absolute Gasteiger partial charge is 0.287 e. The number of hydrogen-bond acceptors (Lipinski definition) is 3. The standard InChI is InChI=1S/C20H17FN2O2S/c21-15-6-4-13(5-7-15)8-10-23-11-9-16-14(2-1-3-18(16)23)12-17-19(24)26-20(25)22-17/h1-7,9,11,17H,8,10,12H2,(H,22,25). The van der Waals surface area contributed by atoms with Crippen LogP contribution in [0.25, 0.3) is 10.9 Å². The molecule has 4 rings (SSSR count). The van der Waals surface area contributed by atoms with E-state index in [1.807, 2.05) is 30.5 Å². The number of thioether (sulfide) groups is 1. The Labute approximate surface area is 154 Å². The lowest BCUT2D eigenvalue weighted by Crippen LogP contribution is -2.30. The third-order valence-corrected chi connectivity index (χ3v) is 5.44. The molecule has 3 aromatic rings. The van der Waals surface area contributed by atoms with E-state index in [4.69, 9.17) is 0 Å². The van der Waals surface area contributed by atoms with Gasteiger partial charge in [-0.1, -0.05) is 24.3 Å². The molecular formula is C20H17FN2O2S. The molecule has 1 aliphatic rings. The van der Waals surface area contributed by atoms with Gasteiger partial charge in [-0.05, 0) is 41.8 Å². The number of halogens is 1. The molecule has 0 bridgehead atoms. The SMILES string of the molecule is O=C1NC(Cc2cccc3c2ccn3CCc2ccc(F)cc2)C(=O)S1. The zero-order valence-corrected chi connectivity index (χ0v) is 14.8. The summed E-state index contributed by atoms with van der Waals surface area (Å²) in [4.78, 5) is 23.2. The van der Waals surface area contributed by atoms with Crippen LogP contribution in [0.4, 0.5) is 9.18 Å². The molecule has 132 valence electrons. The fraction of sp³-hybridized carbons (Fsp3) is 0.200. The van der Waals surface area contributed by atoms with Crippen LogP contribution in [0.2, 0.25) is 0 Å². The van der Waals surface area contributed by atoms with Crippen molar-refractivity contribution in [1.29, 1.82) is 0 Å². The molecule has 6 heteroatoms. The molecule has 1 fully saturated rings. The predicted molar refractivity (Wildman–Crippen MR) is 101 cm³/mol. The van der Waals surface area contributed by atoms with Crippen LogP contribution in [-0.4, -0.2) is 21.0 Å². The Morgan fingerprint density at radius 3 is 2.62 bits per heavy atom. The second-order valence-corrected chi connectivity index (χ2v) is 7.32. The summed E-state index contributed by atoms with van der Waals surface area (Å²) in [6.07, 6.45) is 3.33. The van der Waals surface area contributed by atoms with Crippen molar-refractivity contribution < 1.29 is 14.0 Å². The van der Waals surface area contributed by atoms with Crippen molar-refractivity contribution in [3.8, 4) is 0 Å². The van der Waals surface area contributed by atoms with Crippen molar-refractivity contribution in [1.82, 2.24) is 9.88 Å². The number of rotatable bonds is 5. The van der Waals surface area contributed by atoms with Gasteiger partial charge in [0, 0.05) is 41.8 Å². The Kier molecular flexibility index (Phi) is 4.51. The van der Waals surface area contributed by atoms with Gasteiger partial charge in [0.25, 0.3) is 5.24 Å². The highest BCUT2D eigenvalue weighted by Gasteiger charge is 2.31. The minimum atomic E-state index is -0.458. The quantitative estimate of drug-likeness (QED) is 0.743. The van der Waals surface area contributed by atoms with E-state index in [1.165, 1.54) is 12.1 Å². The highest BCUT2D eigenvalue weighted by Crippen LogP contribution is 2.25. The van der Waals surface area contributed by atoms with E-state index in [1.54, 1.807) is 12.1 Å². The summed E-state index contributed by atoms with van der Waals surface area (Å²) in [6, 6.07) is 14.2. The van der Waals surface area contributed by atoms with E-state index in [9.17, 15) is 14.0 Å². The zero-order chi connectivity index (χ0) is 18.1. The van der Waals surface area contributed by atoms with Crippen molar-refractivity contribution in [2.24, 2.45) is 0 Å². The zero-order valence-electron chi connectivity index (χ0n) is 13.9. The van der Waals surface area contributed by atoms with Crippen molar-refractivity contribution >= 4 is 33.0 Å². The number of hydrogen-bond donors (Lipinski definition) is 1. The number of carbonyl (C=O) groups is 2. The van der Waals surface area contributed by atoms with Crippen LogP contribution < -0.4 is 5.32 Å². The Hall–Kier alpha value is -2.60. The Morgan fingerprint density at radius 2 is 1.88 bits per heavy atom. The van der Waals surface area contributed by atoms with Gasteiger partial charge in [0.2, 0.25) is 5.12 Å². The van der Waals surface area contributed by atoms with Gasteiger partial charge in [0.05, 0.1) is 0 Å². The molecule has 0 aliphatic carbocycles. The average molecular weight is 368 g/mol. The molecule has 4 nitrogen and oxygen atoms in total. The second-order valence-electron chi connectivity index (χ2n) is 6.35. The number of fused-ring (bicyclic) bond motifs is 1. The minimum absolute atomic E-state index is 0.122. The van der Waals surface area contributed by atoms with Crippen LogP contribution in [0.3, 0.4) is 0 Å². The van der Waals surface area contributed by atoms with Crippen LogP contribution in [0.5, 0.6) is 0 Å². The molecule has 0 saturated carbocycles. The number of aromatic nitrogens is 1. The minimum Gasteiger partial charge on any atom is -0.347 e. The molecule has 1 atom stereocenters. The lowest BCUT2D eigenvalue weighted by molar-refractivity contribution is -0.112. The molecule has 26 heavy (non-hydrogen) atoms. The lowest BCUT2D eigenvalue weighted by Gasteiger charge is -2.10. The third-order valence-electron chi connectivity index (χ3n) is 4.65. The molecule has 1 saturated heterocycles. The van der Waals surface area contributed by atoms with Gasteiger partial charge in [0.15, 0.2) is 0 Å². The van der Waals surface area contributed by atoms with Crippen molar-refractivity contribution in [3.05, 3.63) is 71.7 Å². The summed E-state index contributed by atoms with van der Waals surface area (Å²) in [5.74, 6) is -0.225. The van der Waals surface area contributed by atoms with Crippen LogP contribution >= 0.6 is 11.8 Å². The van der Waals surface area contributed by atoms with Gasteiger partial charge >= 0.3 is 0 Å². The number of carbonyl (C=O) groups excluding carboxylic acids is 2. The first-order chi connectivity index (χ1) is 12.6. The number of amides is 1. The Morgan fingerprint density at radius 1 is 1.08 bits per heavy atom. The number of benzene rings is 2. The van der Waals surface area contributed by atoms with Gasteiger partial charge in [0.1, 0.15) is 11.9 Å². The largest absolute Gasteiger partial charge is 0.347 e. The van der Waals surface area contributed by atoms with E-state index >= 15 is 0 Å². The average Bonchev–Trinajstić information content (AvgIpc) is 3.18. The summed E-state index contributed by atoms with van der Waals surface area (Å²) >= 11 is 0.744.